The summed E-state index contributed by atoms with van der Waals surface area (Å²) in [6, 6.07) is 8.50. The van der Waals surface area contributed by atoms with E-state index in [4.69, 9.17) is 11.6 Å². The zero-order valence-electron chi connectivity index (χ0n) is 18.8. The van der Waals surface area contributed by atoms with Crippen LogP contribution in [0.25, 0.3) is 0 Å². The minimum absolute atomic E-state index is 0.0958. The van der Waals surface area contributed by atoms with Crippen molar-refractivity contribution in [3.05, 3.63) is 66.1 Å². The van der Waals surface area contributed by atoms with Crippen molar-refractivity contribution in [2.45, 2.75) is 24.3 Å². The number of pyridine rings is 2. The average molecular weight is 544 g/mol. The first kappa shape index (κ1) is 26.4. The van der Waals surface area contributed by atoms with E-state index in [0.717, 1.165) is 12.3 Å². The third-order valence-electron chi connectivity index (χ3n) is 5.27. The molecule has 1 saturated heterocycles. The van der Waals surface area contributed by atoms with Gasteiger partial charge in [0.25, 0.3) is 5.91 Å². The van der Waals surface area contributed by atoms with Gasteiger partial charge in [0, 0.05) is 36.6 Å². The van der Waals surface area contributed by atoms with Crippen LogP contribution in [0.5, 0.6) is 5.75 Å². The van der Waals surface area contributed by atoms with Crippen LogP contribution in [0.3, 0.4) is 0 Å². The lowest BCUT2D eigenvalue weighted by Crippen LogP contribution is -2.24. The summed E-state index contributed by atoms with van der Waals surface area (Å²) in [5.41, 5.74) is -4.05. The molecule has 37 heavy (non-hydrogen) atoms. The number of halogens is 6. The molecule has 4 rings (SSSR count). The summed E-state index contributed by atoms with van der Waals surface area (Å²) >= 11 is 4.73. The highest BCUT2D eigenvalue weighted by Crippen LogP contribution is 2.32. The molecular weight excluding hydrogens is 525 g/mol. The highest BCUT2D eigenvalue weighted by atomic mass is 35.5. The molecular formula is C23H19ClF5N5O3. The first-order valence-electron chi connectivity index (χ1n) is 10.8. The van der Waals surface area contributed by atoms with Gasteiger partial charge in [0.1, 0.15) is 11.4 Å². The van der Waals surface area contributed by atoms with Gasteiger partial charge in [0.15, 0.2) is 5.82 Å². The fraction of sp³-hybridized carbons (Fsp3) is 0.261. The van der Waals surface area contributed by atoms with E-state index in [0.29, 0.717) is 24.5 Å². The monoisotopic (exact) mass is 543 g/mol. The summed E-state index contributed by atoms with van der Waals surface area (Å²) in [4.78, 5) is 22.4. The number of alkyl halides is 6. The summed E-state index contributed by atoms with van der Waals surface area (Å²) in [6.45, 7) is 0.768. The van der Waals surface area contributed by atoms with Crippen molar-refractivity contribution >= 4 is 40.4 Å². The standard InChI is InChI=1S/C23H19ClF5N5O3/c24-23(28,29)37-17-4-1-14(2-5-17)33-21(36)13-9-18(20(31-10-13)34-8-7-16(35)12-34)32-15-3-6-19(30-11-15)22(25,26)27/h1-6,9-11,16,32,35H,7-8,12H2,(H,33,36). The van der Waals surface area contributed by atoms with Crippen molar-refractivity contribution in [2.75, 3.05) is 28.6 Å². The summed E-state index contributed by atoms with van der Waals surface area (Å²) in [5, 5.41) is 15.4. The summed E-state index contributed by atoms with van der Waals surface area (Å²) in [7, 11) is 0. The Hall–Kier alpha value is -3.71. The molecule has 3 heterocycles. The molecule has 0 bridgehead atoms. The summed E-state index contributed by atoms with van der Waals surface area (Å²) in [6.07, 6.45) is -2.36. The van der Waals surface area contributed by atoms with Gasteiger partial charge in [0.2, 0.25) is 0 Å². The Morgan fingerprint density at radius 3 is 2.32 bits per heavy atom. The maximum absolute atomic E-state index is 12.9. The summed E-state index contributed by atoms with van der Waals surface area (Å²) < 4.78 is 68.3. The number of benzene rings is 1. The molecule has 8 nitrogen and oxygen atoms in total. The summed E-state index contributed by atoms with van der Waals surface area (Å²) in [5.74, 6) is -0.421. The number of aliphatic hydroxyl groups excluding tert-OH is 1. The Bertz CT molecular complexity index is 1250. The van der Waals surface area contributed by atoms with Crippen molar-refractivity contribution in [2.24, 2.45) is 0 Å². The molecule has 196 valence electrons. The van der Waals surface area contributed by atoms with E-state index in [2.05, 4.69) is 25.3 Å². The fourth-order valence-electron chi connectivity index (χ4n) is 3.59. The van der Waals surface area contributed by atoms with Crippen molar-refractivity contribution in [1.29, 1.82) is 0 Å². The minimum Gasteiger partial charge on any atom is -0.420 e. The van der Waals surface area contributed by atoms with Crippen LogP contribution in [0.1, 0.15) is 22.5 Å². The molecule has 3 N–H and O–H groups in total. The van der Waals surface area contributed by atoms with Gasteiger partial charge in [-0.25, -0.2) is 9.97 Å². The number of aliphatic hydroxyl groups is 1. The second kappa shape index (κ2) is 10.3. The third kappa shape index (κ3) is 6.95. The second-order valence-corrected chi connectivity index (χ2v) is 8.50. The molecule has 0 saturated carbocycles. The van der Waals surface area contributed by atoms with E-state index in [1.54, 1.807) is 4.90 Å². The van der Waals surface area contributed by atoms with Gasteiger partial charge in [-0.05, 0) is 48.9 Å². The number of hydrogen-bond acceptors (Lipinski definition) is 7. The molecule has 1 aliphatic rings. The lowest BCUT2D eigenvalue weighted by atomic mass is 10.2. The molecule has 3 aromatic rings. The SMILES string of the molecule is O=C(Nc1ccc(OC(F)(F)Cl)cc1)c1cnc(N2CCC(O)C2)c(Nc2ccc(C(F)(F)F)nc2)c1. The molecule has 14 heteroatoms. The van der Waals surface area contributed by atoms with E-state index >= 15 is 0 Å². The number of ether oxygens (including phenoxy) is 1. The number of nitrogens with one attached hydrogen (secondary N) is 2. The van der Waals surface area contributed by atoms with Crippen LogP contribution >= 0.6 is 11.6 Å². The lowest BCUT2D eigenvalue weighted by Gasteiger charge is -2.21. The largest absolute Gasteiger partial charge is 0.487 e. The van der Waals surface area contributed by atoms with Gasteiger partial charge in [-0.1, -0.05) is 0 Å². The second-order valence-electron chi connectivity index (χ2n) is 8.06. The molecule has 0 spiro atoms. The van der Waals surface area contributed by atoms with Crippen LogP contribution < -0.4 is 20.3 Å². The number of β-amino-alcohol motifs (C(OH)–C–C–N with tert-alkyl or cyclic N) is 1. The highest BCUT2D eigenvalue weighted by molar-refractivity contribution is 6.20. The Kier molecular flexibility index (Phi) is 7.37. The first-order valence-corrected chi connectivity index (χ1v) is 11.2. The van der Waals surface area contributed by atoms with Gasteiger partial charge in [-0.15, -0.1) is 8.78 Å². The van der Waals surface area contributed by atoms with E-state index in [-0.39, 0.29) is 29.2 Å². The predicted octanol–water partition coefficient (Wildman–Crippen LogP) is 5.23. The van der Waals surface area contributed by atoms with Crippen LogP contribution in [-0.2, 0) is 6.18 Å². The molecule has 1 aromatic carbocycles. The van der Waals surface area contributed by atoms with Crippen LogP contribution in [0.2, 0.25) is 0 Å². The van der Waals surface area contributed by atoms with Crippen molar-refractivity contribution in [3.8, 4) is 5.75 Å². The average Bonchev–Trinajstić information content (AvgIpc) is 3.25. The fourth-order valence-corrected chi connectivity index (χ4v) is 3.68. The van der Waals surface area contributed by atoms with Crippen molar-refractivity contribution in [3.63, 3.8) is 0 Å². The maximum atomic E-state index is 12.9. The zero-order chi connectivity index (χ0) is 26.8. The van der Waals surface area contributed by atoms with Gasteiger partial charge < -0.3 is 25.4 Å². The third-order valence-corrected chi connectivity index (χ3v) is 5.35. The van der Waals surface area contributed by atoms with E-state index in [9.17, 15) is 31.9 Å². The van der Waals surface area contributed by atoms with Gasteiger partial charge in [-0.2, -0.15) is 13.2 Å². The quantitative estimate of drug-likeness (QED) is 0.277. The maximum Gasteiger partial charge on any atom is 0.487 e. The van der Waals surface area contributed by atoms with Crippen LogP contribution in [-0.4, -0.2) is 45.7 Å². The molecule has 1 atom stereocenters. The van der Waals surface area contributed by atoms with Gasteiger partial charge >= 0.3 is 11.7 Å². The van der Waals surface area contributed by atoms with E-state index in [1.165, 1.54) is 42.6 Å². The molecule has 1 unspecified atom stereocenters. The van der Waals surface area contributed by atoms with Crippen LogP contribution in [0.4, 0.5) is 44.8 Å². The van der Waals surface area contributed by atoms with Crippen molar-refractivity contribution in [1.82, 2.24) is 9.97 Å². The number of anilines is 4. The molecule has 0 aliphatic carbocycles. The number of aromatic nitrogens is 2. The topological polar surface area (TPSA) is 99.6 Å². The number of carbonyl (C=O) groups is 1. The van der Waals surface area contributed by atoms with Crippen molar-refractivity contribution < 1.29 is 36.6 Å². The number of rotatable bonds is 7. The van der Waals surface area contributed by atoms with E-state index in [1.807, 2.05) is 0 Å². The normalized spacial score (nSPS) is 16.0. The van der Waals surface area contributed by atoms with Gasteiger partial charge in [0.05, 0.1) is 29.2 Å². The van der Waals surface area contributed by atoms with Crippen LogP contribution in [0, 0.1) is 0 Å². The molecule has 2 aromatic heterocycles. The Morgan fingerprint density at radius 1 is 1.05 bits per heavy atom. The highest BCUT2D eigenvalue weighted by Gasteiger charge is 2.32. The number of carbonyl (C=O) groups excluding carboxylic acids is 1. The molecule has 1 aliphatic heterocycles. The minimum atomic E-state index is -4.59. The zero-order valence-corrected chi connectivity index (χ0v) is 19.5. The molecule has 0 radical (unpaired) electrons. The molecule has 1 fully saturated rings. The number of hydrogen-bond donors (Lipinski definition) is 3. The number of nitrogens with zero attached hydrogens (tertiary/aromatic N) is 3. The van der Waals surface area contributed by atoms with E-state index < -0.39 is 29.4 Å². The smallest absolute Gasteiger partial charge is 0.420 e. The number of amides is 1. The van der Waals surface area contributed by atoms with Gasteiger partial charge in [-0.3, -0.25) is 4.79 Å². The Labute approximate surface area is 212 Å². The first-order chi connectivity index (χ1) is 17.4. The Balaban J connectivity index is 1.56. The predicted molar refractivity (Wildman–Crippen MR) is 125 cm³/mol. The Morgan fingerprint density at radius 2 is 1.76 bits per heavy atom. The lowest BCUT2D eigenvalue weighted by molar-refractivity contribution is -0.141. The van der Waals surface area contributed by atoms with Crippen LogP contribution in [0.15, 0.2) is 54.9 Å². The molecule has 1 amide bonds.